The first-order valence-electron chi connectivity index (χ1n) is 10.7. The first-order chi connectivity index (χ1) is 15.9. The van der Waals surface area contributed by atoms with E-state index in [1.54, 1.807) is 12.3 Å². The summed E-state index contributed by atoms with van der Waals surface area (Å²) in [4.78, 5) is 34.9. The summed E-state index contributed by atoms with van der Waals surface area (Å²) in [7, 11) is 0. The maximum Gasteiger partial charge on any atom is 0.352 e. The van der Waals surface area contributed by atoms with Crippen molar-refractivity contribution >= 4 is 23.1 Å². The van der Waals surface area contributed by atoms with E-state index >= 15 is 0 Å². The Hall–Kier alpha value is -3.85. The van der Waals surface area contributed by atoms with Crippen molar-refractivity contribution in [3.05, 3.63) is 87.7 Å². The number of aliphatic imine (C=N–C) groups is 1. The molecule has 2 atom stereocenters. The number of benzene rings is 1. The van der Waals surface area contributed by atoms with Crippen molar-refractivity contribution in [1.29, 1.82) is 0 Å². The van der Waals surface area contributed by atoms with Crippen LogP contribution >= 0.6 is 0 Å². The quantitative estimate of drug-likeness (QED) is 0.584. The number of fused-ring (bicyclic) bond motifs is 2. The zero-order valence-electron chi connectivity index (χ0n) is 17.9. The van der Waals surface area contributed by atoms with E-state index in [1.807, 2.05) is 25.1 Å². The van der Waals surface area contributed by atoms with Crippen LogP contribution in [0.5, 0.6) is 0 Å². The maximum absolute atomic E-state index is 13.5. The van der Waals surface area contributed by atoms with Crippen LogP contribution in [0.3, 0.4) is 0 Å². The molecule has 2 N–H and O–H groups in total. The van der Waals surface area contributed by atoms with E-state index in [-0.39, 0.29) is 23.7 Å². The monoisotopic (exact) mass is 447 g/mol. The van der Waals surface area contributed by atoms with E-state index < -0.39 is 18.0 Å². The average Bonchev–Trinajstić information content (AvgIpc) is 3.24. The van der Waals surface area contributed by atoms with Crippen LogP contribution in [0.1, 0.15) is 36.1 Å². The van der Waals surface area contributed by atoms with Gasteiger partial charge in [0.1, 0.15) is 17.2 Å². The molecule has 1 unspecified atom stereocenters. The van der Waals surface area contributed by atoms with Gasteiger partial charge in [0.15, 0.2) is 0 Å². The summed E-state index contributed by atoms with van der Waals surface area (Å²) in [5.41, 5.74) is 3.16. The highest BCUT2D eigenvalue weighted by molar-refractivity contribution is 6.38. The summed E-state index contributed by atoms with van der Waals surface area (Å²) >= 11 is 0. The van der Waals surface area contributed by atoms with E-state index in [9.17, 15) is 19.1 Å². The number of hydrogen-bond donors (Lipinski definition) is 2. The Morgan fingerprint density at radius 1 is 1.21 bits per heavy atom. The van der Waals surface area contributed by atoms with Crippen LogP contribution in [0.2, 0.25) is 0 Å². The maximum atomic E-state index is 13.5. The van der Waals surface area contributed by atoms with Gasteiger partial charge in [0.05, 0.1) is 6.04 Å². The highest BCUT2D eigenvalue weighted by atomic mass is 19.1. The Morgan fingerprint density at radius 2 is 1.94 bits per heavy atom. The average molecular weight is 447 g/mol. The molecule has 168 valence electrons. The second-order valence-electron chi connectivity index (χ2n) is 8.24. The normalized spacial score (nSPS) is 18.6. The van der Waals surface area contributed by atoms with Gasteiger partial charge in [0.2, 0.25) is 5.95 Å². The van der Waals surface area contributed by atoms with Crippen LogP contribution in [0, 0.1) is 0 Å². The molecule has 2 aliphatic rings. The van der Waals surface area contributed by atoms with Gasteiger partial charge in [-0.3, -0.25) is 9.20 Å². The minimum absolute atomic E-state index is 0.163. The van der Waals surface area contributed by atoms with Crippen molar-refractivity contribution in [2.24, 2.45) is 4.99 Å². The summed E-state index contributed by atoms with van der Waals surface area (Å²) in [6.07, 6.45) is 3.08. The Labute approximate surface area is 188 Å². The number of halogens is 1. The van der Waals surface area contributed by atoms with E-state index in [4.69, 9.17) is 4.98 Å². The number of aliphatic carboxylic acids is 1. The first kappa shape index (κ1) is 21.0. The minimum atomic E-state index is -1.27. The van der Waals surface area contributed by atoms with Gasteiger partial charge in [-0.25, -0.2) is 14.8 Å². The smallest absolute Gasteiger partial charge is 0.352 e. The van der Waals surface area contributed by atoms with Crippen LogP contribution in [0.25, 0.3) is 5.65 Å². The Morgan fingerprint density at radius 3 is 2.64 bits per heavy atom. The molecule has 1 aromatic carbocycles. The van der Waals surface area contributed by atoms with Crippen molar-refractivity contribution < 1.29 is 14.3 Å². The van der Waals surface area contributed by atoms with Crippen LogP contribution in [-0.2, 0) is 17.9 Å². The van der Waals surface area contributed by atoms with Gasteiger partial charge >= 0.3 is 5.97 Å². The molecule has 8 nitrogen and oxygen atoms in total. The lowest BCUT2D eigenvalue weighted by molar-refractivity contribution is -0.129. The number of hydrogen-bond acceptors (Lipinski definition) is 6. The number of nitrogens with one attached hydrogen (secondary N) is 1. The molecule has 9 heteroatoms. The van der Waals surface area contributed by atoms with E-state index in [0.29, 0.717) is 24.6 Å². The third-order valence-corrected chi connectivity index (χ3v) is 6.09. The largest absolute Gasteiger partial charge is 0.477 e. The molecule has 0 amide bonds. The summed E-state index contributed by atoms with van der Waals surface area (Å²) in [5, 5.41) is 12.6. The molecule has 2 aromatic heterocycles. The number of carboxylic acid groups (broad SMARTS) is 1. The Balaban J connectivity index is 1.48. The Bertz CT molecular complexity index is 1360. The molecule has 0 spiro atoms. The molecule has 3 aromatic rings. The number of carboxylic acids is 1. The molecule has 2 aliphatic heterocycles. The van der Waals surface area contributed by atoms with Gasteiger partial charge in [0, 0.05) is 37.0 Å². The summed E-state index contributed by atoms with van der Waals surface area (Å²) in [6, 6.07) is 12.2. The molecular weight excluding hydrogens is 425 g/mol. The molecule has 5 rings (SSSR count). The lowest BCUT2D eigenvalue weighted by Crippen LogP contribution is -2.43. The van der Waals surface area contributed by atoms with Crippen molar-refractivity contribution in [3.8, 4) is 0 Å². The van der Waals surface area contributed by atoms with Gasteiger partial charge in [-0.2, -0.15) is 4.39 Å². The summed E-state index contributed by atoms with van der Waals surface area (Å²) in [5.74, 6) is -1.48. The standard InChI is InChI=1S/C24H22FN5O3/c1-14(26-18-8-9-19(25)27-22(18)24(32)33)17-7-4-10-30-21(31)11-20(28-23(17)30)29-12-15-5-2-3-6-16(15)13-29/h2-7,9-11,14,18,26H,8,12-13H2,1H3,(H,32,33)/t14-,18?/m1/s1. The zero-order valence-corrected chi connectivity index (χ0v) is 17.9. The van der Waals surface area contributed by atoms with Crippen LogP contribution in [0.15, 0.2) is 70.5 Å². The number of rotatable bonds is 5. The van der Waals surface area contributed by atoms with Gasteiger partial charge in [-0.05, 0) is 36.6 Å². The molecule has 0 fully saturated rings. The lowest BCUT2D eigenvalue weighted by atomic mass is 10.0. The molecule has 0 saturated heterocycles. The third kappa shape index (κ3) is 3.91. The van der Waals surface area contributed by atoms with Crippen LogP contribution in [0.4, 0.5) is 10.2 Å². The minimum Gasteiger partial charge on any atom is -0.477 e. The highest BCUT2D eigenvalue weighted by Crippen LogP contribution is 2.27. The van der Waals surface area contributed by atoms with Crippen LogP contribution in [-0.4, -0.2) is 32.2 Å². The van der Waals surface area contributed by atoms with Crippen molar-refractivity contribution in [1.82, 2.24) is 14.7 Å². The van der Waals surface area contributed by atoms with Crippen molar-refractivity contribution in [2.75, 3.05) is 4.90 Å². The van der Waals surface area contributed by atoms with E-state index in [1.165, 1.54) is 27.7 Å². The van der Waals surface area contributed by atoms with Gasteiger partial charge in [-0.1, -0.05) is 30.3 Å². The molecule has 0 saturated carbocycles. The Kier molecular flexibility index (Phi) is 5.26. The number of aromatic nitrogens is 2. The fraction of sp³-hybridized carbons (Fsp3) is 0.250. The molecule has 0 aliphatic carbocycles. The molecule has 4 heterocycles. The second-order valence-corrected chi connectivity index (χ2v) is 8.24. The zero-order chi connectivity index (χ0) is 23.1. The number of pyridine rings is 1. The topological polar surface area (TPSA) is 99.3 Å². The summed E-state index contributed by atoms with van der Waals surface area (Å²) < 4.78 is 15.0. The third-order valence-electron chi connectivity index (χ3n) is 6.09. The second kappa shape index (κ2) is 8.25. The van der Waals surface area contributed by atoms with Crippen molar-refractivity contribution in [2.45, 2.75) is 38.5 Å². The van der Waals surface area contributed by atoms with E-state index in [0.717, 1.165) is 5.56 Å². The molecule has 0 radical (unpaired) electrons. The number of carbonyl (C=O) groups is 1. The fourth-order valence-corrected chi connectivity index (χ4v) is 4.43. The van der Waals surface area contributed by atoms with Gasteiger partial charge < -0.3 is 15.3 Å². The van der Waals surface area contributed by atoms with Crippen molar-refractivity contribution in [3.63, 3.8) is 0 Å². The molecule has 33 heavy (non-hydrogen) atoms. The molecule has 0 bridgehead atoms. The van der Waals surface area contributed by atoms with Gasteiger partial charge in [-0.15, -0.1) is 0 Å². The number of anilines is 1. The lowest BCUT2D eigenvalue weighted by Gasteiger charge is -2.25. The van der Waals surface area contributed by atoms with E-state index in [2.05, 4.69) is 27.3 Å². The summed E-state index contributed by atoms with van der Waals surface area (Å²) in [6.45, 7) is 3.20. The predicted octanol–water partition coefficient (Wildman–Crippen LogP) is 2.97. The fourth-order valence-electron chi connectivity index (χ4n) is 4.43. The highest BCUT2D eigenvalue weighted by Gasteiger charge is 2.28. The predicted molar refractivity (Wildman–Crippen MR) is 122 cm³/mol. The first-order valence-corrected chi connectivity index (χ1v) is 10.7. The van der Waals surface area contributed by atoms with Crippen LogP contribution < -0.4 is 15.8 Å². The van der Waals surface area contributed by atoms with Gasteiger partial charge in [0.25, 0.3) is 5.56 Å². The SMILES string of the molecule is C[C@@H](NC1CC=C(F)N=C1C(=O)O)c1cccn2c(=O)cc(N3Cc4ccccc4C3)nc12. The molecular formula is C24H22FN5O3. The number of nitrogens with zero attached hydrogens (tertiary/aromatic N) is 4.